The van der Waals surface area contributed by atoms with Gasteiger partial charge < -0.3 is 10.1 Å². The van der Waals surface area contributed by atoms with Gasteiger partial charge in [-0.05, 0) is 23.8 Å². The first-order valence-electron chi connectivity index (χ1n) is 8.50. The van der Waals surface area contributed by atoms with Crippen molar-refractivity contribution in [3.63, 3.8) is 0 Å². The van der Waals surface area contributed by atoms with E-state index in [2.05, 4.69) is 10.4 Å². The highest BCUT2D eigenvalue weighted by molar-refractivity contribution is 6.32. The Morgan fingerprint density at radius 1 is 1.17 bits per heavy atom. The number of esters is 1. The summed E-state index contributed by atoms with van der Waals surface area (Å²) in [6.45, 7) is -0.215. The van der Waals surface area contributed by atoms with Crippen molar-refractivity contribution < 1.29 is 19.2 Å². The van der Waals surface area contributed by atoms with Crippen molar-refractivity contribution >= 4 is 46.5 Å². The summed E-state index contributed by atoms with van der Waals surface area (Å²) in [6.07, 6.45) is 2.80. The van der Waals surface area contributed by atoms with Gasteiger partial charge in [-0.2, -0.15) is 5.10 Å². The summed E-state index contributed by atoms with van der Waals surface area (Å²) in [5.74, 6) is -1.40. The molecule has 0 atom stereocenters. The van der Waals surface area contributed by atoms with Crippen molar-refractivity contribution in [2.24, 2.45) is 0 Å². The van der Waals surface area contributed by atoms with Crippen LogP contribution < -0.4 is 5.32 Å². The number of nitro benzene ring substituents is 1. The van der Waals surface area contributed by atoms with E-state index < -0.39 is 23.4 Å². The minimum Gasteiger partial charge on any atom is -0.452 e. The molecule has 154 valence electrons. The van der Waals surface area contributed by atoms with Crippen molar-refractivity contribution in [2.45, 2.75) is 6.54 Å². The number of carbonyl (C=O) groups excluding carboxylic acids is 2. The number of aromatic nitrogens is 2. The third-order valence-corrected chi connectivity index (χ3v) is 4.61. The van der Waals surface area contributed by atoms with Crippen LogP contribution in [0.15, 0.2) is 54.9 Å². The second-order valence-electron chi connectivity index (χ2n) is 6.07. The van der Waals surface area contributed by atoms with Crippen molar-refractivity contribution in [2.75, 3.05) is 11.9 Å². The normalized spacial score (nSPS) is 10.5. The van der Waals surface area contributed by atoms with Gasteiger partial charge in [0.15, 0.2) is 6.61 Å². The zero-order valence-electron chi connectivity index (χ0n) is 15.2. The van der Waals surface area contributed by atoms with Crippen LogP contribution in [0.4, 0.5) is 11.4 Å². The molecule has 0 aliphatic heterocycles. The predicted molar refractivity (Wildman–Crippen MR) is 110 cm³/mol. The molecule has 2 aromatic carbocycles. The average molecular weight is 449 g/mol. The summed E-state index contributed by atoms with van der Waals surface area (Å²) in [4.78, 5) is 34.3. The fraction of sp³-hybridized carbons (Fsp3) is 0.105. The van der Waals surface area contributed by atoms with E-state index >= 15 is 0 Å². The lowest BCUT2D eigenvalue weighted by Crippen LogP contribution is -2.20. The Morgan fingerprint density at radius 3 is 2.67 bits per heavy atom. The third kappa shape index (κ3) is 5.34. The van der Waals surface area contributed by atoms with Crippen LogP contribution in [0.3, 0.4) is 0 Å². The maximum Gasteiger partial charge on any atom is 0.341 e. The van der Waals surface area contributed by atoms with Gasteiger partial charge in [-0.3, -0.25) is 19.6 Å². The zero-order chi connectivity index (χ0) is 21.7. The van der Waals surface area contributed by atoms with E-state index in [0.29, 0.717) is 11.6 Å². The number of ether oxygens (including phenoxy) is 1. The van der Waals surface area contributed by atoms with Gasteiger partial charge in [0.25, 0.3) is 11.6 Å². The van der Waals surface area contributed by atoms with Crippen molar-refractivity contribution in [3.8, 4) is 0 Å². The summed E-state index contributed by atoms with van der Waals surface area (Å²) in [5, 5.41) is 17.9. The Hall–Kier alpha value is -3.43. The summed E-state index contributed by atoms with van der Waals surface area (Å²) in [5.41, 5.74) is 0.799. The van der Waals surface area contributed by atoms with E-state index in [9.17, 15) is 19.7 Å². The first-order chi connectivity index (χ1) is 14.3. The van der Waals surface area contributed by atoms with Gasteiger partial charge in [0.05, 0.1) is 23.2 Å². The third-order valence-electron chi connectivity index (χ3n) is 3.92. The molecule has 1 N–H and O–H groups in total. The monoisotopic (exact) mass is 448 g/mol. The summed E-state index contributed by atoms with van der Waals surface area (Å²) >= 11 is 11.8. The molecule has 11 heteroatoms. The number of halogens is 2. The lowest BCUT2D eigenvalue weighted by Gasteiger charge is -2.06. The molecule has 0 saturated carbocycles. The number of rotatable bonds is 7. The lowest BCUT2D eigenvalue weighted by atomic mass is 10.2. The molecule has 3 rings (SSSR count). The van der Waals surface area contributed by atoms with Crippen LogP contribution in [-0.2, 0) is 16.1 Å². The molecule has 0 aliphatic carbocycles. The van der Waals surface area contributed by atoms with Crippen LogP contribution in [0, 0.1) is 10.1 Å². The standard InChI is InChI=1S/C19H14Cl2N4O5/c20-15-4-2-1-3-12(15)9-24-10-13(8-22-24)19(27)30-11-18(26)23-14-5-6-16(21)17(7-14)25(28)29/h1-8,10H,9,11H2,(H,23,26). The molecule has 9 nitrogen and oxygen atoms in total. The molecule has 1 aromatic heterocycles. The number of nitrogens with one attached hydrogen (secondary N) is 1. The van der Waals surface area contributed by atoms with Crippen LogP contribution in [0.2, 0.25) is 10.0 Å². The van der Waals surface area contributed by atoms with Crippen molar-refractivity contribution in [1.82, 2.24) is 9.78 Å². The van der Waals surface area contributed by atoms with Crippen molar-refractivity contribution in [1.29, 1.82) is 0 Å². The number of anilines is 1. The van der Waals surface area contributed by atoms with E-state index in [1.165, 1.54) is 29.2 Å². The highest BCUT2D eigenvalue weighted by Gasteiger charge is 2.16. The highest BCUT2D eigenvalue weighted by Crippen LogP contribution is 2.27. The zero-order valence-corrected chi connectivity index (χ0v) is 16.8. The fourth-order valence-corrected chi connectivity index (χ4v) is 2.88. The first-order valence-corrected chi connectivity index (χ1v) is 9.26. The Labute approximate surface area is 180 Å². The molecule has 30 heavy (non-hydrogen) atoms. The fourth-order valence-electron chi connectivity index (χ4n) is 2.50. The van der Waals surface area contributed by atoms with Gasteiger partial charge in [0.2, 0.25) is 0 Å². The number of hydrogen-bond acceptors (Lipinski definition) is 6. The summed E-state index contributed by atoms with van der Waals surface area (Å²) in [7, 11) is 0. The molecule has 1 heterocycles. The molecule has 0 radical (unpaired) electrons. The Balaban J connectivity index is 1.55. The van der Waals surface area contributed by atoms with Crippen molar-refractivity contribution in [3.05, 3.63) is 86.1 Å². The molecule has 0 aliphatic rings. The van der Waals surface area contributed by atoms with Crippen LogP contribution in [0.25, 0.3) is 0 Å². The second kappa shape index (κ2) is 9.38. The maximum absolute atomic E-state index is 12.1. The van der Waals surface area contributed by atoms with Crippen LogP contribution >= 0.6 is 23.2 Å². The number of benzene rings is 2. The van der Waals surface area contributed by atoms with Crippen LogP contribution in [0.5, 0.6) is 0 Å². The number of nitro groups is 1. The predicted octanol–water partition coefficient (Wildman–Crippen LogP) is 3.94. The summed E-state index contributed by atoms with van der Waals surface area (Å²) in [6, 6.07) is 11.0. The first kappa shape index (κ1) is 21.3. The smallest absolute Gasteiger partial charge is 0.341 e. The molecule has 0 bridgehead atoms. The molecule has 3 aromatic rings. The van der Waals surface area contributed by atoms with E-state index in [-0.39, 0.29) is 22.0 Å². The maximum atomic E-state index is 12.1. The number of nitrogens with zero attached hydrogens (tertiary/aromatic N) is 3. The number of amides is 1. The number of carbonyl (C=O) groups is 2. The van der Waals surface area contributed by atoms with Crippen LogP contribution in [0.1, 0.15) is 15.9 Å². The van der Waals surface area contributed by atoms with E-state index in [1.807, 2.05) is 18.2 Å². The lowest BCUT2D eigenvalue weighted by molar-refractivity contribution is -0.384. The van der Waals surface area contributed by atoms with Gasteiger partial charge in [-0.25, -0.2) is 4.79 Å². The minimum atomic E-state index is -0.738. The average Bonchev–Trinajstić information content (AvgIpc) is 3.18. The molecule has 0 unspecified atom stereocenters. The van der Waals surface area contributed by atoms with E-state index in [4.69, 9.17) is 27.9 Å². The van der Waals surface area contributed by atoms with Gasteiger partial charge in [0, 0.05) is 23.0 Å². The second-order valence-corrected chi connectivity index (χ2v) is 6.88. The molecular weight excluding hydrogens is 435 g/mol. The van der Waals surface area contributed by atoms with Crippen LogP contribution in [-0.4, -0.2) is 33.2 Å². The van der Waals surface area contributed by atoms with E-state index in [0.717, 1.165) is 11.6 Å². The van der Waals surface area contributed by atoms with Gasteiger partial charge >= 0.3 is 5.97 Å². The Kier molecular flexibility index (Phi) is 6.65. The molecule has 1 amide bonds. The van der Waals surface area contributed by atoms with Gasteiger partial charge in [-0.15, -0.1) is 0 Å². The van der Waals surface area contributed by atoms with Gasteiger partial charge in [-0.1, -0.05) is 41.4 Å². The SMILES string of the molecule is O=C(COC(=O)c1cnn(Cc2ccccc2Cl)c1)Nc1ccc(Cl)c([N+](=O)[O-])c1. The highest BCUT2D eigenvalue weighted by atomic mass is 35.5. The molecule has 0 saturated heterocycles. The Bertz CT molecular complexity index is 1120. The molecular formula is C19H14Cl2N4O5. The minimum absolute atomic E-state index is 0.0572. The van der Waals surface area contributed by atoms with E-state index in [1.54, 1.807) is 6.07 Å². The van der Waals surface area contributed by atoms with Gasteiger partial charge in [0.1, 0.15) is 5.02 Å². The molecule has 0 fully saturated rings. The quantitative estimate of drug-likeness (QED) is 0.332. The Morgan fingerprint density at radius 2 is 1.93 bits per heavy atom. The summed E-state index contributed by atoms with van der Waals surface area (Å²) < 4.78 is 6.48. The largest absolute Gasteiger partial charge is 0.452 e. The molecule has 0 spiro atoms. The number of hydrogen-bond donors (Lipinski definition) is 1. The topological polar surface area (TPSA) is 116 Å².